The van der Waals surface area contributed by atoms with Crippen LogP contribution in [0, 0.1) is 0 Å². The zero-order valence-electron chi connectivity index (χ0n) is 14.5. The molecule has 1 heterocycles. The van der Waals surface area contributed by atoms with Crippen LogP contribution < -0.4 is 25.0 Å². The number of ether oxygens (including phenoxy) is 2. The Balaban J connectivity index is 0.00000208. The molecule has 2 N–H and O–H groups in total. The van der Waals surface area contributed by atoms with Crippen LogP contribution in [0.4, 0.5) is 5.69 Å². The Labute approximate surface area is 161 Å². The maximum Gasteiger partial charge on any atom is 0.191 e. The number of methoxy groups -OCH3 is 2. The van der Waals surface area contributed by atoms with Crippen LogP contribution in [0.15, 0.2) is 23.2 Å². The van der Waals surface area contributed by atoms with Crippen molar-refractivity contribution >= 4 is 35.6 Å². The van der Waals surface area contributed by atoms with E-state index in [0.717, 1.165) is 42.7 Å². The number of hydrogen-bond donors (Lipinski definition) is 2. The molecule has 0 aromatic heterocycles. The highest BCUT2D eigenvalue weighted by Gasteiger charge is 2.27. The predicted octanol–water partition coefficient (Wildman–Crippen LogP) is 2.23. The summed E-state index contributed by atoms with van der Waals surface area (Å²) in [6.45, 7) is 1.95. The van der Waals surface area contributed by atoms with Crippen molar-refractivity contribution in [1.29, 1.82) is 0 Å². The Hall–Kier alpha value is -1.38. The first-order chi connectivity index (χ1) is 11.2. The van der Waals surface area contributed by atoms with E-state index in [2.05, 4.69) is 32.7 Å². The molecule has 0 bridgehead atoms. The van der Waals surface area contributed by atoms with E-state index in [0.29, 0.717) is 12.1 Å². The highest BCUT2D eigenvalue weighted by molar-refractivity contribution is 14.0. The maximum atomic E-state index is 5.36. The number of halogens is 1. The number of hydrogen-bond acceptors (Lipinski definition) is 4. The van der Waals surface area contributed by atoms with Gasteiger partial charge in [0, 0.05) is 56.1 Å². The summed E-state index contributed by atoms with van der Waals surface area (Å²) >= 11 is 0. The largest absolute Gasteiger partial charge is 0.497 e. The van der Waals surface area contributed by atoms with Crippen molar-refractivity contribution in [2.24, 2.45) is 4.99 Å². The molecule has 134 valence electrons. The molecule has 6 nitrogen and oxygen atoms in total. The molecule has 1 saturated heterocycles. The van der Waals surface area contributed by atoms with Crippen LogP contribution >= 0.6 is 24.0 Å². The van der Waals surface area contributed by atoms with Crippen molar-refractivity contribution < 1.29 is 9.47 Å². The molecule has 0 spiro atoms. The standard InChI is InChI=1S/C17H26N4O2.HI/c1-18-17(19-12-4-5-12)20-13-6-7-21(11-13)14-8-15(22-2)10-16(9-14)23-3;/h8-10,12-13H,4-7,11H2,1-3H3,(H2,18,19,20);1H. The van der Waals surface area contributed by atoms with Gasteiger partial charge in [0.15, 0.2) is 5.96 Å². The summed E-state index contributed by atoms with van der Waals surface area (Å²) in [6, 6.07) is 7.03. The quantitative estimate of drug-likeness (QED) is 0.413. The van der Waals surface area contributed by atoms with Gasteiger partial charge >= 0.3 is 0 Å². The lowest BCUT2D eigenvalue weighted by Gasteiger charge is -2.21. The van der Waals surface area contributed by atoms with Crippen LogP contribution in [0.3, 0.4) is 0 Å². The number of rotatable bonds is 5. The maximum absolute atomic E-state index is 5.36. The second-order valence-corrected chi connectivity index (χ2v) is 6.14. The molecule has 24 heavy (non-hydrogen) atoms. The van der Waals surface area contributed by atoms with Gasteiger partial charge in [-0.3, -0.25) is 4.99 Å². The van der Waals surface area contributed by atoms with Crippen molar-refractivity contribution in [3.63, 3.8) is 0 Å². The number of guanidine groups is 1. The van der Waals surface area contributed by atoms with E-state index in [1.807, 2.05) is 13.1 Å². The Bertz CT molecular complexity index is 555. The highest BCUT2D eigenvalue weighted by atomic mass is 127. The second kappa shape index (κ2) is 8.64. The average Bonchev–Trinajstić information content (AvgIpc) is 3.28. The van der Waals surface area contributed by atoms with Crippen LogP contribution in [0.25, 0.3) is 0 Å². The molecular weight excluding hydrogens is 419 g/mol. The van der Waals surface area contributed by atoms with Crippen molar-refractivity contribution in [2.75, 3.05) is 39.3 Å². The molecule has 2 fully saturated rings. The van der Waals surface area contributed by atoms with Crippen molar-refractivity contribution in [3.05, 3.63) is 18.2 Å². The molecule has 7 heteroatoms. The minimum atomic E-state index is 0. The van der Waals surface area contributed by atoms with E-state index in [1.165, 1.54) is 12.8 Å². The first-order valence-corrected chi connectivity index (χ1v) is 8.19. The lowest BCUT2D eigenvalue weighted by atomic mass is 10.2. The van der Waals surface area contributed by atoms with Crippen LogP contribution in [0.2, 0.25) is 0 Å². The van der Waals surface area contributed by atoms with Gasteiger partial charge in [-0.1, -0.05) is 0 Å². The topological polar surface area (TPSA) is 58.1 Å². The summed E-state index contributed by atoms with van der Waals surface area (Å²) in [7, 11) is 5.19. The van der Waals surface area contributed by atoms with Gasteiger partial charge in [0.25, 0.3) is 0 Å². The molecule has 2 aliphatic rings. The fourth-order valence-corrected chi connectivity index (χ4v) is 2.87. The van der Waals surface area contributed by atoms with Gasteiger partial charge in [0.2, 0.25) is 0 Å². The Morgan fingerprint density at radius 3 is 2.21 bits per heavy atom. The monoisotopic (exact) mass is 446 g/mol. The third-order valence-electron chi connectivity index (χ3n) is 4.37. The number of benzene rings is 1. The minimum absolute atomic E-state index is 0. The molecule has 1 aromatic carbocycles. The summed E-state index contributed by atoms with van der Waals surface area (Å²) in [5.41, 5.74) is 1.13. The fourth-order valence-electron chi connectivity index (χ4n) is 2.87. The SMILES string of the molecule is CN=C(NC1CC1)NC1CCN(c2cc(OC)cc(OC)c2)C1.I. The number of aliphatic imine (C=N–C) groups is 1. The van der Waals surface area contributed by atoms with Crippen LogP contribution in [-0.4, -0.2) is 52.4 Å². The lowest BCUT2D eigenvalue weighted by molar-refractivity contribution is 0.394. The molecule has 1 aromatic rings. The highest BCUT2D eigenvalue weighted by Crippen LogP contribution is 2.30. The van der Waals surface area contributed by atoms with Crippen molar-refractivity contribution in [1.82, 2.24) is 10.6 Å². The molecule has 0 amide bonds. The predicted molar refractivity (Wildman–Crippen MR) is 108 cm³/mol. The molecule has 3 rings (SSSR count). The lowest BCUT2D eigenvalue weighted by Crippen LogP contribution is -2.45. The van der Waals surface area contributed by atoms with Gasteiger partial charge in [-0.2, -0.15) is 0 Å². The first-order valence-electron chi connectivity index (χ1n) is 8.19. The number of nitrogens with zero attached hydrogens (tertiary/aromatic N) is 2. The Morgan fingerprint density at radius 2 is 1.67 bits per heavy atom. The van der Waals surface area contributed by atoms with E-state index >= 15 is 0 Å². The van der Waals surface area contributed by atoms with Gasteiger partial charge in [-0.25, -0.2) is 0 Å². The summed E-state index contributed by atoms with van der Waals surface area (Å²) in [6.07, 6.45) is 3.59. The number of anilines is 1. The molecule has 1 aliphatic carbocycles. The smallest absolute Gasteiger partial charge is 0.191 e. The molecule has 1 aliphatic heterocycles. The Kier molecular flexibility index (Phi) is 6.82. The second-order valence-electron chi connectivity index (χ2n) is 6.14. The Morgan fingerprint density at radius 1 is 1.04 bits per heavy atom. The van der Waals surface area contributed by atoms with Gasteiger partial charge in [-0.15, -0.1) is 24.0 Å². The first kappa shape index (κ1) is 19.0. The van der Waals surface area contributed by atoms with Gasteiger partial charge in [0.1, 0.15) is 11.5 Å². The zero-order chi connectivity index (χ0) is 16.2. The zero-order valence-corrected chi connectivity index (χ0v) is 16.9. The normalized spacial score (nSPS) is 20.4. The average molecular weight is 446 g/mol. The summed E-state index contributed by atoms with van der Waals surface area (Å²) in [5.74, 6) is 2.56. The summed E-state index contributed by atoms with van der Waals surface area (Å²) < 4.78 is 10.7. The number of nitrogens with one attached hydrogen (secondary N) is 2. The summed E-state index contributed by atoms with van der Waals surface area (Å²) in [4.78, 5) is 6.67. The van der Waals surface area contributed by atoms with E-state index in [9.17, 15) is 0 Å². The molecular formula is C17H27IN4O2. The third kappa shape index (κ3) is 4.81. The molecule has 1 atom stereocenters. The van der Waals surface area contributed by atoms with Crippen molar-refractivity contribution in [2.45, 2.75) is 31.3 Å². The summed E-state index contributed by atoms with van der Waals surface area (Å²) in [5, 5.41) is 6.97. The van der Waals surface area contributed by atoms with Crippen LogP contribution in [-0.2, 0) is 0 Å². The fraction of sp³-hybridized carbons (Fsp3) is 0.588. The third-order valence-corrected chi connectivity index (χ3v) is 4.37. The van der Waals surface area contributed by atoms with Gasteiger partial charge in [-0.05, 0) is 19.3 Å². The van der Waals surface area contributed by atoms with E-state index in [4.69, 9.17) is 9.47 Å². The minimum Gasteiger partial charge on any atom is -0.497 e. The van der Waals surface area contributed by atoms with E-state index in [-0.39, 0.29) is 24.0 Å². The van der Waals surface area contributed by atoms with E-state index < -0.39 is 0 Å². The van der Waals surface area contributed by atoms with E-state index in [1.54, 1.807) is 14.2 Å². The van der Waals surface area contributed by atoms with Crippen LogP contribution in [0.1, 0.15) is 19.3 Å². The molecule has 0 radical (unpaired) electrons. The molecule has 1 unspecified atom stereocenters. The van der Waals surface area contributed by atoms with Crippen molar-refractivity contribution in [3.8, 4) is 11.5 Å². The van der Waals surface area contributed by atoms with Crippen LogP contribution in [0.5, 0.6) is 11.5 Å². The van der Waals surface area contributed by atoms with Gasteiger partial charge in [0.05, 0.1) is 14.2 Å². The molecule has 1 saturated carbocycles. The van der Waals surface area contributed by atoms with Gasteiger partial charge < -0.3 is 25.0 Å².